The lowest BCUT2D eigenvalue weighted by molar-refractivity contribution is 0.609. The van der Waals surface area contributed by atoms with Crippen molar-refractivity contribution in [3.05, 3.63) is 23.4 Å². The summed E-state index contributed by atoms with van der Waals surface area (Å²) in [5, 5.41) is 7.92. The molecule has 0 saturated carbocycles. The minimum absolute atomic E-state index is 0.186. The topological polar surface area (TPSA) is 66.0 Å². The smallest absolute Gasteiger partial charge is 0.147 e. The van der Waals surface area contributed by atoms with Crippen molar-refractivity contribution in [1.29, 1.82) is 5.41 Å². The third-order valence-electron chi connectivity index (χ3n) is 2.28. The molecule has 5 heteroatoms. The van der Waals surface area contributed by atoms with Crippen LogP contribution in [0.25, 0.3) is 0 Å². The van der Waals surface area contributed by atoms with E-state index in [9.17, 15) is 0 Å². The van der Waals surface area contributed by atoms with Crippen molar-refractivity contribution in [2.45, 2.75) is 20.3 Å². The maximum atomic E-state index is 7.28. The summed E-state index contributed by atoms with van der Waals surface area (Å²) in [7, 11) is 0. The van der Waals surface area contributed by atoms with Gasteiger partial charge >= 0.3 is 0 Å². The van der Waals surface area contributed by atoms with Crippen molar-refractivity contribution in [1.82, 2.24) is 4.98 Å². The number of anilines is 1. The Labute approximate surface area is 107 Å². The van der Waals surface area contributed by atoms with Gasteiger partial charge in [0.1, 0.15) is 5.82 Å². The van der Waals surface area contributed by atoms with Crippen LogP contribution in [0.5, 0.6) is 0 Å². The van der Waals surface area contributed by atoms with Gasteiger partial charge in [-0.15, -0.1) is 0 Å². The summed E-state index contributed by atoms with van der Waals surface area (Å²) in [6.07, 6.45) is 2.25. The average molecular weight is 255 g/mol. The van der Waals surface area contributed by atoms with Crippen molar-refractivity contribution < 1.29 is 0 Å². The number of hydrogen-bond acceptors (Lipinski definition) is 3. The predicted octanol–water partition coefficient (Wildman–Crippen LogP) is 2.52. The van der Waals surface area contributed by atoms with E-state index in [0.717, 1.165) is 12.4 Å². The minimum Gasteiger partial charge on any atom is -0.388 e. The first kappa shape index (κ1) is 13.8. The average Bonchev–Trinajstić information content (AvgIpc) is 2.24. The Morgan fingerprint density at radius 1 is 1.59 bits per heavy atom. The highest BCUT2D eigenvalue weighted by Crippen LogP contribution is 2.23. The van der Waals surface area contributed by atoms with Crippen LogP contribution in [0, 0.1) is 11.3 Å². The van der Waals surface area contributed by atoms with Crippen molar-refractivity contribution in [3.63, 3.8) is 0 Å². The Hall–Kier alpha value is -1.29. The molecule has 0 aromatic carbocycles. The van der Waals surface area contributed by atoms with Gasteiger partial charge in [0.25, 0.3) is 0 Å². The highest BCUT2D eigenvalue weighted by Gasteiger charge is 2.13. The maximum absolute atomic E-state index is 7.28. The van der Waals surface area contributed by atoms with Crippen LogP contribution in [0.1, 0.15) is 20.3 Å². The number of halogens is 1. The minimum atomic E-state index is 0.186. The second kappa shape index (κ2) is 6.45. The van der Waals surface area contributed by atoms with Gasteiger partial charge in [-0.3, -0.25) is 5.41 Å². The van der Waals surface area contributed by atoms with Crippen LogP contribution < -0.4 is 10.6 Å². The molecule has 1 rings (SSSR count). The number of pyridine rings is 1. The van der Waals surface area contributed by atoms with Gasteiger partial charge in [0.05, 0.1) is 10.9 Å². The van der Waals surface area contributed by atoms with Crippen molar-refractivity contribution >= 4 is 23.3 Å². The summed E-state index contributed by atoms with van der Waals surface area (Å²) < 4.78 is 0. The molecule has 0 atom stereocenters. The summed E-state index contributed by atoms with van der Waals surface area (Å²) in [6, 6.07) is 3.63. The monoisotopic (exact) mass is 254 g/mol. The third kappa shape index (κ3) is 4.61. The quantitative estimate of drug-likeness (QED) is 0.606. The Morgan fingerprint density at radius 3 is 2.82 bits per heavy atom. The van der Waals surface area contributed by atoms with E-state index in [1.54, 1.807) is 6.20 Å². The lowest BCUT2D eigenvalue weighted by Crippen LogP contribution is -2.32. The molecule has 0 saturated heterocycles. The van der Waals surface area contributed by atoms with Crippen LogP contribution in [-0.4, -0.2) is 23.9 Å². The first-order valence-corrected chi connectivity index (χ1v) is 6.07. The zero-order valence-electron chi connectivity index (χ0n) is 10.3. The lowest BCUT2D eigenvalue weighted by atomic mass is 10.2. The van der Waals surface area contributed by atoms with E-state index in [0.29, 0.717) is 23.9 Å². The van der Waals surface area contributed by atoms with Gasteiger partial charge in [-0.25, -0.2) is 4.98 Å². The number of nitrogens with one attached hydrogen (secondary N) is 1. The normalized spacial score (nSPS) is 10.6. The second-order valence-electron chi connectivity index (χ2n) is 4.42. The van der Waals surface area contributed by atoms with Gasteiger partial charge in [0, 0.05) is 25.7 Å². The number of amidine groups is 1. The number of nitrogens with two attached hydrogens (primary N) is 1. The van der Waals surface area contributed by atoms with Crippen LogP contribution in [0.2, 0.25) is 5.02 Å². The summed E-state index contributed by atoms with van der Waals surface area (Å²) in [6.45, 7) is 5.80. The van der Waals surface area contributed by atoms with Crippen LogP contribution in [0.15, 0.2) is 18.3 Å². The van der Waals surface area contributed by atoms with E-state index in [1.165, 1.54) is 0 Å². The van der Waals surface area contributed by atoms with Gasteiger partial charge in [0.15, 0.2) is 0 Å². The highest BCUT2D eigenvalue weighted by molar-refractivity contribution is 6.32. The van der Waals surface area contributed by atoms with Crippen molar-refractivity contribution in [2.75, 3.05) is 18.0 Å². The summed E-state index contributed by atoms with van der Waals surface area (Å²) >= 11 is 6.13. The molecule has 0 bridgehead atoms. The fourth-order valence-corrected chi connectivity index (χ4v) is 1.83. The molecule has 0 spiro atoms. The number of aromatic nitrogens is 1. The van der Waals surface area contributed by atoms with Crippen LogP contribution in [-0.2, 0) is 0 Å². The van der Waals surface area contributed by atoms with Gasteiger partial charge in [-0.05, 0) is 18.1 Å². The first-order chi connectivity index (χ1) is 8.00. The fourth-order valence-electron chi connectivity index (χ4n) is 1.59. The Bertz CT molecular complexity index is 379. The van der Waals surface area contributed by atoms with E-state index < -0.39 is 0 Å². The zero-order chi connectivity index (χ0) is 12.8. The molecular formula is C12H19ClN4. The van der Waals surface area contributed by atoms with Crippen LogP contribution >= 0.6 is 11.6 Å². The fraction of sp³-hybridized carbons (Fsp3) is 0.500. The molecule has 94 valence electrons. The predicted molar refractivity (Wildman–Crippen MR) is 72.8 cm³/mol. The summed E-state index contributed by atoms with van der Waals surface area (Å²) in [5.41, 5.74) is 5.39. The molecule has 1 heterocycles. The molecule has 17 heavy (non-hydrogen) atoms. The van der Waals surface area contributed by atoms with Gasteiger partial charge in [-0.1, -0.05) is 25.4 Å². The number of nitrogens with zero attached hydrogens (tertiary/aromatic N) is 2. The van der Waals surface area contributed by atoms with Gasteiger partial charge in [-0.2, -0.15) is 0 Å². The molecule has 0 aliphatic rings. The molecule has 3 N–H and O–H groups in total. The molecule has 0 amide bonds. The number of hydrogen-bond donors (Lipinski definition) is 2. The highest BCUT2D eigenvalue weighted by atomic mass is 35.5. The molecule has 0 radical (unpaired) electrons. The van der Waals surface area contributed by atoms with Crippen molar-refractivity contribution in [2.24, 2.45) is 11.7 Å². The molecule has 0 fully saturated rings. The van der Waals surface area contributed by atoms with E-state index in [2.05, 4.69) is 23.7 Å². The van der Waals surface area contributed by atoms with Gasteiger partial charge < -0.3 is 10.6 Å². The lowest BCUT2D eigenvalue weighted by Gasteiger charge is -2.26. The second-order valence-corrected chi connectivity index (χ2v) is 4.83. The van der Waals surface area contributed by atoms with E-state index in [4.69, 9.17) is 22.7 Å². The molecule has 0 unspecified atom stereocenters. The Balaban J connectivity index is 2.82. The molecule has 1 aromatic heterocycles. The zero-order valence-corrected chi connectivity index (χ0v) is 11.0. The largest absolute Gasteiger partial charge is 0.388 e. The van der Waals surface area contributed by atoms with E-state index >= 15 is 0 Å². The van der Waals surface area contributed by atoms with E-state index in [-0.39, 0.29) is 5.84 Å². The first-order valence-electron chi connectivity index (χ1n) is 5.69. The number of rotatable bonds is 6. The third-order valence-corrected chi connectivity index (χ3v) is 2.57. The Morgan fingerprint density at radius 2 is 2.29 bits per heavy atom. The standard InChI is InChI=1S/C12H19ClN4/c1-9(2)8-17(7-5-11(14)15)12-10(13)4-3-6-16-12/h3-4,6,9H,5,7-8H2,1-2H3,(H3,14,15). The molecular weight excluding hydrogens is 236 g/mol. The summed E-state index contributed by atoms with van der Waals surface area (Å²) in [4.78, 5) is 6.37. The maximum Gasteiger partial charge on any atom is 0.147 e. The van der Waals surface area contributed by atoms with Gasteiger partial charge in [0.2, 0.25) is 0 Å². The molecule has 4 nitrogen and oxygen atoms in total. The van der Waals surface area contributed by atoms with Crippen LogP contribution in [0.4, 0.5) is 5.82 Å². The molecule has 1 aromatic rings. The van der Waals surface area contributed by atoms with E-state index in [1.807, 2.05) is 12.1 Å². The van der Waals surface area contributed by atoms with Crippen LogP contribution in [0.3, 0.4) is 0 Å². The molecule has 0 aliphatic carbocycles. The molecule has 0 aliphatic heterocycles. The summed E-state index contributed by atoms with van der Waals surface area (Å²) in [5.74, 6) is 1.45. The Kier molecular flexibility index (Phi) is 5.22. The SMILES string of the molecule is CC(C)CN(CCC(=N)N)c1ncccc1Cl. The van der Waals surface area contributed by atoms with Crippen molar-refractivity contribution in [3.8, 4) is 0 Å².